The lowest BCUT2D eigenvalue weighted by atomic mass is 9.50. The van der Waals surface area contributed by atoms with Crippen molar-refractivity contribution in [1.82, 2.24) is 0 Å². The molecule has 0 aromatic heterocycles. The van der Waals surface area contributed by atoms with Crippen LogP contribution in [0.5, 0.6) is 0 Å². The first-order valence-electron chi connectivity index (χ1n) is 10.0. The molecule has 0 aliphatic heterocycles. The Bertz CT molecular complexity index is 499. The predicted octanol–water partition coefficient (Wildman–Crippen LogP) is 4.16. The van der Waals surface area contributed by atoms with E-state index >= 15 is 0 Å². The van der Waals surface area contributed by atoms with Gasteiger partial charge in [0.2, 0.25) is 0 Å². The fourth-order valence-electron chi connectivity index (χ4n) is 6.27. The Morgan fingerprint density at radius 2 is 1.92 bits per heavy atom. The maximum Gasteiger partial charge on any atom is 0.136 e. The van der Waals surface area contributed by atoms with Crippen molar-refractivity contribution in [2.45, 2.75) is 84.7 Å². The predicted molar refractivity (Wildman–Crippen MR) is 94.5 cm³/mol. The largest absolute Gasteiger partial charge is 0.393 e. The van der Waals surface area contributed by atoms with Gasteiger partial charge in [0.05, 0.1) is 6.10 Å². The minimum atomic E-state index is -0.146. The van der Waals surface area contributed by atoms with Crippen molar-refractivity contribution >= 4 is 11.6 Å². The zero-order chi connectivity index (χ0) is 17.5. The second-order valence-electron chi connectivity index (χ2n) is 9.18. The number of Topliss-reactive ketones (excluding diaryl/α,β-unsaturated/α-hetero) is 2. The van der Waals surface area contributed by atoms with Gasteiger partial charge < -0.3 is 5.11 Å². The summed E-state index contributed by atoms with van der Waals surface area (Å²) in [5, 5.41) is 10.1. The van der Waals surface area contributed by atoms with E-state index in [9.17, 15) is 14.7 Å². The molecule has 0 saturated heterocycles. The summed E-state index contributed by atoms with van der Waals surface area (Å²) in [5.41, 5.74) is 0.202. The number of hydrogen-bond acceptors (Lipinski definition) is 3. The second kappa shape index (κ2) is 6.90. The number of carbonyl (C=O) groups is 2. The van der Waals surface area contributed by atoms with Gasteiger partial charge in [0.15, 0.2) is 0 Å². The van der Waals surface area contributed by atoms with Crippen LogP contribution >= 0.6 is 0 Å². The lowest BCUT2D eigenvalue weighted by molar-refractivity contribution is -0.134. The first kappa shape index (κ1) is 18.1. The zero-order valence-corrected chi connectivity index (χ0v) is 15.6. The highest BCUT2D eigenvalue weighted by molar-refractivity contribution is 5.88. The molecular weight excluding hydrogens is 300 g/mol. The summed E-state index contributed by atoms with van der Waals surface area (Å²) in [6.07, 6.45) is 8.88. The summed E-state index contributed by atoms with van der Waals surface area (Å²) in [6, 6.07) is 0. The van der Waals surface area contributed by atoms with Crippen LogP contribution in [0.2, 0.25) is 0 Å². The van der Waals surface area contributed by atoms with Crippen LogP contribution in [0.25, 0.3) is 0 Å². The van der Waals surface area contributed by atoms with E-state index in [0.717, 1.165) is 32.1 Å². The average molecular weight is 335 g/mol. The summed E-state index contributed by atoms with van der Waals surface area (Å²) in [4.78, 5) is 25.0. The number of fused-ring (bicyclic) bond motifs is 3. The molecule has 0 aromatic carbocycles. The van der Waals surface area contributed by atoms with Gasteiger partial charge in [-0.2, -0.15) is 0 Å². The van der Waals surface area contributed by atoms with Gasteiger partial charge in [0.25, 0.3) is 0 Å². The lowest BCUT2D eigenvalue weighted by Gasteiger charge is -2.54. The van der Waals surface area contributed by atoms with Crippen LogP contribution in [0.1, 0.15) is 78.6 Å². The maximum atomic E-state index is 13.0. The number of aliphatic hydroxyl groups is 1. The van der Waals surface area contributed by atoms with Crippen molar-refractivity contribution in [2.75, 3.05) is 0 Å². The molecule has 0 amide bonds. The van der Waals surface area contributed by atoms with Gasteiger partial charge in [0.1, 0.15) is 11.6 Å². The zero-order valence-electron chi connectivity index (χ0n) is 15.6. The van der Waals surface area contributed by atoms with Crippen molar-refractivity contribution in [3.8, 4) is 0 Å². The molecule has 0 aromatic rings. The molecule has 3 heteroatoms. The molecule has 3 fully saturated rings. The van der Waals surface area contributed by atoms with Crippen LogP contribution in [-0.2, 0) is 9.59 Å². The molecule has 3 aliphatic rings. The Morgan fingerprint density at radius 3 is 2.62 bits per heavy atom. The molecule has 0 radical (unpaired) electrons. The molecule has 7 atom stereocenters. The van der Waals surface area contributed by atoms with E-state index in [1.807, 2.05) is 6.92 Å². The van der Waals surface area contributed by atoms with Gasteiger partial charge in [-0.15, -0.1) is 0 Å². The fraction of sp³-hybridized carbons (Fsp3) is 0.905. The van der Waals surface area contributed by atoms with Gasteiger partial charge in [-0.3, -0.25) is 9.59 Å². The van der Waals surface area contributed by atoms with Crippen molar-refractivity contribution < 1.29 is 14.7 Å². The molecule has 136 valence electrons. The molecule has 0 bridgehead atoms. The number of aliphatic hydroxyl groups excluding tert-OH is 1. The molecule has 7 unspecified atom stereocenters. The third-order valence-electron chi connectivity index (χ3n) is 7.95. The van der Waals surface area contributed by atoms with E-state index in [0.29, 0.717) is 30.0 Å². The van der Waals surface area contributed by atoms with Crippen molar-refractivity contribution in [2.24, 2.45) is 35.0 Å². The Hall–Kier alpha value is -0.700. The number of hydrogen-bond donors (Lipinski definition) is 1. The number of rotatable bonds is 1. The summed E-state index contributed by atoms with van der Waals surface area (Å²) < 4.78 is 0. The van der Waals surface area contributed by atoms with Crippen molar-refractivity contribution in [3.63, 3.8) is 0 Å². The number of ketones is 2. The third-order valence-corrected chi connectivity index (χ3v) is 7.95. The van der Waals surface area contributed by atoms with Gasteiger partial charge in [-0.25, -0.2) is 0 Å². The van der Waals surface area contributed by atoms with E-state index in [1.165, 1.54) is 19.3 Å². The van der Waals surface area contributed by atoms with Crippen molar-refractivity contribution in [1.29, 1.82) is 0 Å². The highest BCUT2D eigenvalue weighted by Crippen LogP contribution is 2.57. The van der Waals surface area contributed by atoms with E-state index in [4.69, 9.17) is 0 Å². The highest BCUT2D eigenvalue weighted by atomic mass is 16.3. The van der Waals surface area contributed by atoms with Crippen LogP contribution in [0.4, 0.5) is 0 Å². The molecule has 0 spiro atoms. The molecule has 3 aliphatic carbocycles. The van der Waals surface area contributed by atoms with Gasteiger partial charge in [-0.05, 0) is 68.6 Å². The van der Waals surface area contributed by atoms with Crippen LogP contribution in [0, 0.1) is 35.0 Å². The molecule has 0 heterocycles. The summed E-state index contributed by atoms with van der Waals surface area (Å²) in [6.45, 7) is 6.01. The monoisotopic (exact) mass is 334 g/mol. The quantitative estimate of drug-likeness (QED) is 0.783. The minimum absolute atomic E-state index is 0.0746. The van der Waals surface area contributed by atoms with E-state index in [1.54, 1.807) is 6.92 Å². The van der Waals surface area contributed by atoms with Crippen LogP contribution in [-0.4, -0.2) is 22.8 Å². The molecule has 3 saturated carbocycles. The average Bonchev–Trinajstić information content (AvgIpc) is 2.59. The van der Waals surface area contributed by atoms with Crippen molar-refractivity contribution in [3.05, 3.63) is 0 Å². The van der Waals surface area contributed by atoms with Gasteiger partial charge in [0, 0.05) is 18.3 Å². The topological polar surface area (TPSA) is 54.4 Å². The normalized spacial score (nSPS) is 46.9. The SMILES string of the molecule is CC(=O)C1CCCC2CCC3CC(O)CCC3(C)C2CC(=O)C1C. The summed E-state index contributed by atoms with van der Waals surface area (Å²) >= 11 is 0. The van der Waals surface area contributed by atoms with Gasteiger partial charge >= 0.3 is 0 Å². The van der Waals surface area contributed by atoms with E-state index in [-0.39, 0.29) is 29.1 Å². The first-order chi connectivity index (χ1) is 11.3. The minimum Gasteiger partial charge on any atom is -0.393 e. The fourth-order valence-corrected chi connectivity index (χ4v) is 6.27. The Balaban J connectivity index is 1.85. The standard InChI is InChI=1S/C21H34O3/c1-13-18(14(2)22)6-4-5-15-7-8-16-11-17(23)9-10-21(16,3)19(15)12-20(13)24/h13,15-19,23H,4-12H2,1-3H3. The molecule has 24 heavy (non-hydrogen) atoms. The molecule has 1 N–H and O–H groups in total. The molecule has 3 nitrogen and oxygen atoms in total. The maximum absolute atomic E-state index is 13.0. The highest BCUT2D eigenvalue weighted by Gasteiger charge is 2.51. The van der Waals surface area contributed by atoms with Crippen LogP contribution in [0.15, 0.2) is 0 Å². The smallest absolute Gasteiger partial charge is 0.136 e. The Labute approximate surface area is 146 Å². The Kier molecular flexibility index (Phi) is 5.20. The van der Waals surface area contributed by atoms with Gasteiger partial charge in [-0.1, -0.05) is 26.7 Å². The van der Waals surface area contributed by atoms with Crippen LogP contribution in [0.3, 0.4) is 0 Å². The molecular formula is C21H34O3. The summed E-state index contributed by atoms with van der Waals surface area (Å²) in [5.74, 6) is 1.93. The third kappa shape index (κ3) is 3.21. The second-order valence-corrected chi connectivity index (χ2v) is 9.18. The first-order valence-corrected chi connectivity index (χ1v) is 10.0. The lowest BCUT2D eigenvalue weighted by Crippen LogP contribution is -2.48. The molecule has 3 rings (SSSR count). The van der Waals surface area contributed by atoms with Crippen LogP contribution < -0.4 is 0 Å². The Morgan fingerprint density at radius 1 is 1.17 bits per heavy atom. The van der Waals surface area contributed by atoms with E-state index < -0.39 is 0 Å². The van der Waals surface area contributed by atoms with E-state index in [2.05, 4.69) is 6.92 Å². The number of carbonyl (C=O) groups excluding carboxylic acids is 2. The summed E-state index contributed by atoms with van der Waals surface area (Å²) in [7, 11) is 0.